The largest absolute Gasteiger partial charge is 0.312 e. The van der Waals surface area contributed by atoms with Gasteiger partial charge >= 0.3 is 0 Å². The van der Waals surface area contributed by atoms with Crippen LogP contribution >= 0.6 is 0 Å². The van der Waals surface area contributed by atoms with Crippen LogP contribution in [0.1, 0.15) is 31.5 Å². The predicted molar refractivity (Wildman–Crippen MR) is 82.9 cm³/mol. The standard InChI is InChI=1S/C15H29N5/c1-5-8-20-15(6-7-17-20)14(16-2)11-13-12-18(3)9-10-19(13)4/h6-7,13-14,16H,5,8-12H2,1-4H3. The molecule has 2 atom stereocenters. The van der Waals surface area contributed by atoms with Gasteiger partial charge in [0.15, 0.2) is 0 Å². The van der Waals surface area contributed by atoms with E-state index in [1.165, 1.54) is 12.2 Å². The quantitative estimate of drug-likeness (QED) is 0.848. The van der Waals surface area contributed by atoms with Crippen LogP contribution in [-0.2, 0) is 6.54 Å². The molecular weight excluding hydrogens is 250 g/mol. The molecule has 1 aliphatic heterocycles. The lowest BCUT2D eigenvalue weighted by Gasteiger charge is -2.39. The number of aromatic nitrogens is 2. The molecule has 114 valence electrons. The number of piperazine rings is 1. The number of aryl methyl sites for hydroxylation is 1. The van der Waals surface area contributed by atoms with E-state index in [9.17, 15) is 0 Å². The molecule has 1 fully saturated rings. The minimum absolute atomic E-state index is 0.378. The van der Waals surface area contributed by atoms with E-state index in [4.69, 9.17) is 0 Å². The third kappa shape index (κ3) is 3.59. The van der Waals surface area contributed by atoms with E-state index < -0.39 is 0 Å². The Kier molecular flexibility index (Phi) is 5.57. The molecule has 0 bridgehead atoms. The number of hydrogen-bond donors (Lipinski definition) is 1. The van der Waals surface area contributed by atoms with Crippen molar-refractivity contribution in [1.82, 2.24) is 24.9 Å². The molecular formula is C15H29N5. The molecule has 0 aliphatic carbocycles. The van der Waals surface area contributed by atoms with Crippen LogP contribution in [0.25, 0.3) is 0 Å². The smallest absolute Gasteiger partial charge is 0.0554 e. The van der Waals surface area contributed by atoms with Crippen LogP contribution in [-0.4, -0.2) is 66.4 Å². The van der Waals surface area contributed by atoms with Gasteiger partial charge in [0, 0.05) is 38.4 Å². The normalized spacial score (nSPS) is 23.1. The van der Waals surface area contributed by atoms with E-state index in [2.05, 4.69) is 59.0 Å². The van der Waals surface area contributed by atoms with Crippen LogP contribution in [0.2, 0.25) is 0 Å². The summed E-state index contributed by atoms with van der Waals surface area (Å²) in [6.07, 6.45) is 4.18. The van der Waals surface area contributed by atoms with Gasteiger partial charge in [-0.15, -0.1) is 0 Å². The highest BCUT2D eigenvalue weighted by Gasteiger charge is 2.26. The highest BCUT2D eigenvalue weighted by Crippen LogP contribution is 2.22. The fourth-order valence-corrected chi connectivity index (χ4v) is 3.05. The van der Waals surface area contributed by atoms with Gasteiger partial charge in [-0.3, -0.25) is 4.68 Å². The first-order chi connectivity index (χ1) is 9.65. The molecule has 0 radical (unpaired) electrons. The Hall–Kier alpha value is -0.910. The van der Waals surface area contributed by atoms with Crippen molar-refractivity contribution < 1.29 is 0 Å². The Bertz CT molecular complexity index is 403. The lowest BCUT2D eigenvalue weighted by atomic mass is 10.0. The van der Waals surface area contributed by atoms with Gasteiger partial charge < -0.3 is 15.1 Å². The summed E-state index contributed by atoms with van der Waals surface area (Å²) in [6, 6.07) is 3.14. The third-order valence-corrected chi connectivity index (χ3v) is 4.38. The maximum Gasteiger partial charge on any atom is 0.0554 e. The number of nitrogens with zero attached hydrogens (tertiary/aromatic N) is 4. The van der Waals surface area contributed by atoms with Crippen molar-refractivity contribution in [2.45, 2.75) is 38.4 Å². The molecule has 1 aliphatic rings. The second-order valence-corrected chi connectivity index (χ2v) is 5.95. The molecule has 1 aromatic rings. The molecule has 2 heterocycles. The lowest BCUT2D eigenvalue weighted by molar-refractivity contribution is 0.101. The number of rotatable bonds is 6. The summed E-state index contributed by atoms with van der Waals surface area (Å²) >= 11 is 0. The molecule has 1 N–H and O–H groups in total. The zero-order valence-electron chi connectivity index (χ0n) is 13.3. The van der Waals surface area contributed by atoms with Gasteiger partial charge in [0.25, 0.3) is 0 Å². The minimum Gasteiger partial charge on any atom is -0.312 e. The van der Waals surface area contributed by atoms with Crippen LogP contribution in [0.5, 0.6) is 0 Å². The molecule has 0 aromatic carbocycles. The number of hydrogen-bond acceptors (Lipinski definition) is 4. The second-order valence-electron chi connectivity index (χ2n) is 5.95. The fraction of sp³-hybridized carbons (Fsp3) is 0.800. The van der Waals surface area contributed by atoms with Crippen molar-refractivity contribution in [2.75, 3.05) is 40.8 Å². The summed E-state index contributed by atoms with van der Waals surface area (Å²) in [5, 5.41) is 7.93. The summed E-state index contributed by atoms with van der Waals surface area (Å²) in [7, 11) is 6.52. The molecule has 5 heteroatoms. The molecule has 1 saturated heterocycles. The monoisotopic (exact) mass is 279 g/mol. The van der Waals surface area contributed by atoms with E-state index in [0.29, 0.717) is 12.1 Å². The summed E-state index contributed by atoms with van der Waals surface area (Å²) < 4.78 is 2.15. The third-order valence-electron chi connectivity index (χ3n) is 4.38. The Morgan fingerprint density at radius 2 is 2.20 bits per heavy atom. The first-order valence-corrected chi connectivity index (χ1v) is 7.73. The van der Waals surface area contributed by atoms with Gasteiger partial charge in [0.2, 0.25) is 0 Å². The molecule has 2 rings (SSSR count). The SMILES string of the molecule is CCCn1nccc1C(CC1CN(C)CCN1C)NC. The van der Waals surface area contributed by atoms with Gasteiger partial charge in [-0.05, 0) is 40.1 Å². The van der Waals surface area contributed by atoms with Crippen LogP contribution < -0.4 is 5.32 Å². The lowest BCUT2D eigenvalue weighted by Crippen LogP contribution is -2.51. The van der Waals surface area contributed by atoms with E-state index >= 15 is 0 Å². The van der Waals surface area contributed by atoms with Crippen LogP contribution in [0.4, 0.5) is 0 Å². The van der Waals surface area contributed by atoms with Crippen LogP contribution in [0.15, 0.2) is 12.3 Å². The summed E-state index contributed by atoms with van der Waals surface area (Å²) in [5.41, 5.74) is 1.32. The van der Waals surface area contributed by atoms with Crippen molar-refractivity contribution in [1.29, 1.82) is 0 Å². The Balaban J connectivity index is 2.06. The van der Waals surface area contributed by atoms with Gasteiger partial charge in [-0.2, -0.15) is 5.10 Å². The zero-order valence-corrected chi connectivity index (χ0v) is 13.3. The molecule has 1 aromatic heterocycles. The fourth-order valence-electron chi connectivity index (χ4n) is 3.05. The number of likely N-dealkylation sites (N-methyl/N-ethyl adjacent to an activating group) is 2. The van der Waals surface area contributed by atoms with Crippen molar-refractivity contribution in [3.8, 4) is 0 Å². The molecule has 0 spiro atoms. The van der Waals surface area contributed by atoms with Gasteiger partial charge in [-0.1, -0.05) is 6.92 Å². The van der Waals surface area contributed by atoms with Gasteiger partial charge in [0.05, 0.1) is 11.7 Å². The van der Waals surface area contributed by atoms with Crippen LogP contribution in [0.3, 0.4) is 0 Å². The Morgan fingerprint density at radius 1 is 1.40 bits per heavy atom. The molecule has 0 saturated carbocycles. The predicted octanol–water partition coefficient (Wildman–Crippen LogP) is 1.19. The average Bonchev–Trinajstić information content (AvgIpc) is 2.88. The van der Waals surface area contributed by atoms with E-state index in [0.717, 1.165) is 32.5 Å². The second kappa shape index (κ2) is 7.20. The highest BCUT2D eigenvalue weighted by molar-refractivity contribution is 5.08. The van der Waals surface area contributed by atoms with Crippen molar-refractivity contribution in [3.63, 3.8) is 0 Å². The van der Waals surface area contributed by atoms with E-state index in [1.54, 1.807) is 0 Å². The first kappa shape index (κ1) is 15.5. The molecule has 20 heavy (non-hydrogen) atoms. The molecule has 2 unspecified atom stereocenters. The van der Waals surface area contributed by atoms with E-state index in [1.807, 2.05) is 6.20 Å². The van der Waals surface area contributed by atoms with Crippen LogP contribution in [0, 0.1) is 0 Å². The van der Waals surface area contributed by atoms with Crippen molar-refractivity contribution in [2.24, 2.45) is 0 Å². The maximum atomic E-state index is 4.45. The molecule has 5 nitrogen and oxygen atoms in total. The average molecular weight is 279 g/mol. The topological polar surface area (TPSA) is 36.3 Å². The minimum atomic E-state index is 0.378. The highest BCUT2D eigenvalue weighted by atomic mass is 15.3. The zero-order chi connectivity index (χ0) is 14.5. The first-order valence-electron chi connectivity index (χ1n) is 7.73. The van der Waals surface area contributed by atoms with Crippen molar-refractivity contribution >= 4 is 0 Å². The van der Waals surface area contributed by atoms with Gasteiger partial charge in [0.1, 0.15) is 0 Å². The Labute approximate surface area is 122 Å². The summed E-state index contributed by atoms with van der Waals surface area (Å²) in [4.78, 5) is 4.92. The van der Waals surface area contributed by atoms with Crippen molar-refractivity contribution in [3.05, 3.63) is 18.0 Å². The Morgan fingerprint density at radius 3 is 2.90 bits per heavy atom. The molecule has 0 amide bonds. The van der Waals surface area contributed by atoms with E-state index in [-0.39, 0.29) is 0 Å². The number of nitrogens with one attached hydrogen (secondary N) is 1. The maximum absolute atomic E-state index is 4.45. The summed E-state index contributed by atoms with van der Waals surface area (Å²) in [5.74, 6) is 0. The summed E-state index contributed by atoms with van der Waals surface area (Å²) in [6.45, 7) is 6.68. The van der Waals surface area contributed by atoms with Gasteiger partial charge in [-0.25, -0.2) is 0 Å².